The average molecular weight is 1120 g/mol. The smallest absolute Gasteiger partial charge is 0.310 e. The number of hydrogen-bond acceptors (Lipinski definition) is 6. The largest absolute Gasteiger partial charge is 0.462 e. The van der Waals surface area contributed by atoms with E-state index >= 15 is 0 Å². The lowest BCUT2D eigenvalue weighted by Gasteiger charge is -2.18. The summed E-state index contributed by atoms with van der Waals surface area (Å²) in [6, 6.07) is 0. The molecule has 0 aliphatic carbocycles. The molecule has 0 saturated carbocycles. The second kappa shape index (κ2) is 68.1. The van der Waals surface area contributed by atoms with Crippen LogP contribution in [0, 0.1) is 0 Å². The van der Waals surface area contributed by atoms with E-state index in [-0.39, 0.29) is 31.6 Å². The van der Waals surface area contributed by atoms with Crippen LogP contribution in [0.15, 0.2) is 134 Å². The number of hydrogen-bond donors (Lipinski definition) is 0. The highest BCUT2D eigenvalue weighted by atomic mass is 16.6. The third kappa shape index (κ3) is 66.2. The molecule has 1 unspecified atom stereocenters. The predicted molar refractivity (Wildman–Crippen MR) is 353 cm³/mol. The summed E-state index contributed by atoms with van der Waals surface area (Å²) in [7, 11) is 0. The minimum Gasteiger partial charge on any atom is -0.462 e. The molecule has 6 heteroatoms. The van der Waals surface area contributed by atoms with Crippen LogP contribution < -0.4 is 0 Å². The Hall–Kier alpha value is -4.45. The lowest BCUT2D eigenvalue weighted by Crippen LogP contribution is -2.30. The van der Waals surface area contributed by atoms with Gasteiger partial charge in [0.25, 0.3) is 0 Å². The maximum Gasteiger partial charge on any atom is 0.310 e. The van der Waals surface area contributed by atoms with Crippen LogP contribution in [-0.4, -0.2) is 37.2 Å². The van der Waals surface area contributed by atoms with Crippen LogP contribution in [0.5, 0.6) is 0 Å². The van der Waals surface area contributed by atoms with E-state index in [1.165, 1.54) is 141 Å². The molecule has 0 radical (unpaired) electrons. The molecule has 6 nitrogen and oxygen atoms in total. The first kappa shape index (κ1) is 76.5. The Morgan fingerprint density at radius 2 is 0.519 bits per heavy atom. The van der Waals surface area contributed by atoms with Gasteiger partial charge in [-0.2, -0.15) is 0 Å². The molecule has 0 bridgehead atoms. The van der Waals surface area contributed by atoms with E-state index < -0.39 is 12.1 Å². The van der Waals surface area contributed by atoms with Gasteiger partial charge in [0, 0.05) is 12.8 Å². The normalized spacial score (nSPS) is 13.0. The average Bonchev–Trinajstić information content (AvgIpc) is 3.47. The van der Waals surface area contributed by atoms with Crippen molar-refractivity contribution >= 4 is 17.9 Å². The van der Waals surface area contributed by atoms with Crippen LogP contribution in [0.2, 0.25) is 0 Å². The van der Waals surface area contributed by atoms with Gasteiger partial charge >= 0.3 is 17.9 Å². The van der Waals surface area contributed by atoms with Gasteiger partial charge in [-0.3, -0.25) is 14.4 Å². The lowest BCUT2D eigenvalue weighted by molar-refractivity contribution is -0.166. The predicted octanol–water partition coefficient (Wildman–Crippen LogP) is 23.3. The highest BCUT2D eigenvalue weighted by Gasteiger charge is 2.19. The van der Waals surface area contributed by atoms with Crippen molar-refractivity contribution in [3.05, 3.63) is 134 Å². The number of esters is 3. The van der Waals surface area contributed by atoms with Gasteiger partial charge in [0.15, 0.2) is 6.10 Å². The molecule has 0 amide bonds. The Labute approximate surface area is 500 Å². The minimum absolute atomic E-state index is 0.0915. The molecule has 0 saturated heterocycles. The lowest BCUT2D eigenvalue weighted by atomic mass is 10.0. The Kier molecular flexibility index (Phi) is 64.3. The molecular formula is C75H124O6. The molecule has 81 heavy (non-hydrogen) atoms. The molecule has 0 rings (SSSR count). The summed E-state index contributed by atoms with van der Waals surface area (Å²) in [5.74, 6) is -1.06. The number of carbonyl (C=O) groups excluding carboxylic acids is 3. The van der Waals surface area contributed by atoms with Gasteiger partial charge in [-0.1, -0.05) is 302 Å². The van der Waals surface area contributed by atoms with E-state index in [0.29, 0.717) is 19.3 Å². The summed E-state index contributed by atoms with van der Waals surface area (Å²) in [4.78, 5) is 38.2. The molecule has 0 aromatic carbocycles. The molecule has 0 aliphatic rings. The second-order valence-electron chi connectivity index (χ2n) is 22.0. The zero-order chi connectivity index (χ0) is 58.5. The quantitative estimate of drug-likeness (QED) is 0.0261. The highest BCUT2D eigenvalue weighted by Crippen LogP contribution is 2.17. The van der Waals surface area contributed by atoms with Crippen molar-refractivity contribution in [3.8, 4) is 0 Å². The Morgan fingerprint density at radius 1 is 0.272 bits per heavy atom. The fourth-order valence-corrected chi connectivity index (χ4v) is 9.19. The summed E-state index contributed by atoms with van der Waals surface area (Å²) in [6.07, 6.45) is 96.6. The maximum absolute atomic E-state index is 12.8. The van der Waals surface area contributed by atoms with Crippen molar-refractivity contribution in [2.75, 3.05) is 13.2 Å². The summed E-state index contributed by atoms with van der Waals surface area (Å²) in [6.45, 7) is 6.31. The molecule has 1 atom stereocenters. The van der Waals surface area contributed by atoms with Crippen LogP contribution >= 0.6 is 0 Å². The number of unbranched alkanes of at least 4 members (excludes halogenated alkanes) is 28. The number of allylic oxidation sites excluding steroid dienone is 21. The third-order valence-corrected chi connectivity index (χ3v) is 14.2. The van der Waals surface area contributed by atoms with E-state index in [9.17, 15) is 14.4 Å². The van der Waals surface area contributed by atoms with Gasteiger partial charge < -0.3 is 14.2 Å². The second-order valence-corrected chi connectivity index (χ2v) is 22.0. The van der Waals surface area contributed by atoms with Crippen molar-refractivity contribution in [2.45, 2.75) is 309 Å². The van der Waals surface area contributed by atoms with Crippen molar-refractivity contribution in [1.29, 1.82) is 0 Å². The van der Waals surface area contributed by atoms with E-state index in [4.69, 9.17) is 14.2 Å². The molecule has 0 aromatic rings. The molecular weight excluding hydrogens is 997 g/mol. The van der Waals surface area contributed by atoms with Gasteiger partial charge in [0.05, 0.1) is 6.42 Å². The molecule has 0 aromatic heterocycles. The van der Waals surface area contributed by atoms with Gasteiger partial charge in [-0.15, -0.1) is 0 Å². The van der Waals surface area contributed by atoms with E-state index in [0.717, 1.165) is 116 Å². The van der Waals surface area contributed by atoms with E-state index in [1.54, 1.807) is 6.08 Å². The zero-order valence-electron chi connectivity index (χ0n) is 52.8. The van der Waals surface area contributed by atoms with Crippen LogP contribution in [0.3, 0.4) is 0 Å². The first-order valence-electron chi connectivity index (χ1n) is 33.7. The Bertz CT molecular complexity index is 1720. The molecule has 0 heterocycles. The first-order valence-corrected chi connectivity index (χ1v) is 33.7. The summed E-state index contributed by atoms with van der Waals surface area (Å²) < 4.78 is 16.8. The SMILES string of the molecule is CC/C=C\C/C=C\C/C=C\C/C=C\C/C=C\CC(=O)OC(COC(=O)CCCCCCC/C=C\C/C=C\CCCCC)COC(=O)CCCCCCCCCCCCCCCCCCCCCC/C=C\C/C=C\C/C=C\C/C=C\CC. The van der Waals surface area contributed by atoms with Crippen molar-refractivity contribution < 1.29 is 28.6 Å². The van der Waals surface area contributed by atoms with Gasteiger partial charge in [-0.25, -0.2) is 0 Å². The van der Waals surface area contributed by atoms with Crippen molar-refractivity contribution in [1.82, 2.24) is 0 Å². The van der Waals surface area contributed by atoms with Crippen LogP contribution in [0.25, 0.3) is 0 Å². The van der Waals surface area contributed by atoms with Crippen molar-refractivity contribution in [3.63, 3.8) is 0 Å². The fourth-order valence-electron chi connectivity index (χ4n) is 9.19. The Balaban J connectivity index is 4.24. The molecule has 0 aliphatic heterocycles. The number of rotatable bonds is 60. The fraction of sp³-hybridized carbons (Fsp3) is 0.667. The first-order chi connectivity index (χ1) is 40.0. The van der Waals surface area contributed by atoms with Crippen LogP contribution in [0.4, 0.5) is 0 Å². The maximum atomic E-state index is 12.8. The zero-order valence-corrected chi connectivity index (χ0v) is 52.8. The standard InChI is InChI=1S/C75H124O6/c1-4-7-10-13-16-19-22-25-28-29-30-31-32-33-34-35-36-37-38-39-40-41-42-43-44-45-48-50-53-56-59-62-65-68-74(77)80-71-72(81-75(78)69-66-63-60-57-54-51-47-27-24-21-18-15-12-9-6-3)70-79-73(76)67-64-61-58-55-52-49-46-26-23-20-17-14-11-8-5-2/h7,9-10,12,16-21,25-28,30-31,46-47,54,57,63,66,72H,4-6,8,11,13-15,22-24,29,32-45,48-53,55-56,58-62,64-65,67-71H2,1-3H3/b10-7-,12-9-,19-16-,20-17-,21-18-,28-25-,31-30-,46-26-,47-27-,57-54-,66-63-. The number of carbonyl (C=O) groups is 3. The van der Waals surface area contributed by atoms with E-state index in [2.05, 4.69) is 142 Å². The minimum atomic E-state index is -0.841. The topological polar surface area (TPSA) is 78.9 Å². The van der Waals surface area contributed by atoms with Crippen LogP contribution in [-0.2, 0) is 28.6 Å². The molecule has 0 N–H and O–H groups in total. The highest BCUT2D eigenvalue weighted by molar-refractivity contribution is 5.72. The Morgan fingerprint density at radius 3 is 0.815 bits per heavy atom. The van der Waals surface area contributed by atoms with E-state index in [1.807, 2.05) is 6.08 Å². The molecule has 460 valence electrons. The number of ether oxygens (including phenoxy) is 3. The van der Waals surface area contributed by atoms with Crippen molar-refractivity contribution in [2.24, 2.45) is 0 Å². The van der Waals surface area contributed by atoms with Gasteiger partial charge in [0.1, 0.15) is 13.2 Å². The van der Waals surface area contributed by atoms with Gasteiger partial charge in [0.2, 0.25) is 0 Å². The molecule has 0 fully saturated rings. The van der Waals surface area contributed by atoms with Crippen LogP contribution in [0.1, 0.15) is 303 Å². The summed E-state index contributed by atoms with van der Waals surface area (Å²) >= 11 is 0. The summed E-state index contributed by atoms with van der Waals surface area (Å²) in [5, 5.41) is 0. The molecule has 0 spiro atoms. The summed E-state index contributed by atoms with van der Waals surface area (Å²) in [5.41, 5.74) is 0. The third-order valence-electron chi connectivity index (χ3n) is 14.2. The monoisotopic (exact) mass is 1120 g/mol. The van der Waals surface area contributed by atoms with Gasteiger partial charge in [-0.05, 0) is 116 Å².